The van der Waals surface area contributed by atoms with Crippen molar-refractivity contribution in [3.63, 3.8) is 0 Å². The second kappa shape index (κ2) is 10.0. The number of ether oxygens (including phenoxy) is 1. The smallest absolute Gasteiger partial charge is 0.308 e. The van der Waals surface area contributed by atoms with Gasteiger partial charge in [0.15, 0.2) is 5.96 Å². The van der Waals surface area contributed by atoms with Crippen LogP contribution in [0.5, 0.6) is 0 Å². The molecule has 0 atom stereocenters. The van der Waals surface area contributed by atoms with E-state index in [2.05, 4.69) is 58.2 Å². The maximum atomic E-state index is 11.7. The van der Waals surface area contributed by atoms with Crippen LogP contribution >= 0.6 is 0 Å². The van der Waals surface area contributed by atoms with Gasteiger partial charge in [-0.15, -0.1) is 0 Å². The van der Waals surface area contributed by atoms with Crippen LogP contribution in [0.1, 0.15) is 25.3 Å². The number of hydrogen-bond donors (Lipinski definition) is 1. The SMILES string of the molecule is CCN(CCNC(=NC)N1CCC(C(=O)OC)CC1)c1ccccc1C. The van der Waals surface area contributed by atoms with Gasteiger partial charge in [-0.25, -0.2) is 0 Å². The van der Waals surface area contributed by atoms with E-state index in [-0.39, 0.29) is 11.9 Å². The van der Waals surface area contributed by atoms with Crippen LogP contribution < -0.4 is 10.2 Å². The monoisotopic (exact) mass is 360 g/mol. The van der Waals surface area contributed by atoms with Gasteiger partial charge in [-0.2, -0.15) is 0 Å². The van der Waals surface area contributed by atoms with Gasteiger partial charge in [0.05, 0.1) is 13.0 Å². The first-order chi connectivity index (χ1) is 12.6. The Balaban J connectivity index is 1.84. The van der Waals surface area contributed by atoms with Crippen molar-refractivity contribution in [1.29, 1.82) is 0 Å². The van der Waals surface area contributed by atoms with Crippen LogP contribution in [0.3, 0.4) is 0 Å². The lowest BCUT2D eigenvalue weighted by Gasteiger charge is -2.33. The van der Waals surface area contributed by atoms with Gasteiger partial charge >= 0.3 is 5.97 Å². The summed E-state index contributed by atoms with van der Waals surface area (Å²) < 4.78 is 4.86. The number of nitrogens with zero attached hydrogens (tertiary/aromatic N) is 3. The van der Waals surface area contributed by atoms with Crippen LogP contribution in [0.2, 0.25) is 0 Å². The minimum Gasteiger partial charge on any atom is -0.469 e. The van der Waals surface area contributed by atoms with E-state index in [1.165, 1.54) is 18.4 Å². The largest absolute Gasteiger partial charge is 0.469 e. The molecule has 1 aromatic rings. The van der Waals surface area contributed by atoms with E-state index in [0.29, 0.717) is 0 Å². The number of nitrogens with one attached hydrogen (secondary N) is 1. The third kappa shape index (κ3) is 5.13. The summed E-state index contributed by atoms with van der Waals surface area (Å²) in [6.07, 6.45) is 1.63. The molecule has 2 rings (SSSR count). The molecule has 0 radical (unpaired) electrons. The summed E-state index contributed by atoms with van der Waals surface area (Å²) >= 11 is 0. The van der Waals surface area contributed by atoms with E-state index in [4.69, 9.17) is 4.74 Å². The zero-order valence-corrected chi connectivity index (χ0v) is 16.5. The quantitative estimate of drug-likeness (QED) is 0.479. The molecule has 1 heterocycles. The Hall–Kier alpha value is -2.24. The van der Waals surface area contributed by atoms with Gasteiger partial charge in [-0.05, 0) is 38.3 Å². The summed E-state index contributed by atoms with van der Waals surface area (Å²) in [5, 5.41) is 3.47. The van der Waals surface area contributed by atoms with Crippen molar-refractivity contribution in [2.75, 3.05) is 51.8 Å². The highest BCUT2D eigenvalue weighted by Gasteiger charge is 2.26. The Morgan fingerprint density at radius 2 is 2.04 bits per heavy atom. The number of anilines is 1. The van der Waals surface area contributed by atoms with Crippen LogP contribution in [0.25, 0.3) is 0 Å². The van der Waals surface area contributed by atoms with E-state index >= 15 is 0 Å². The van der Waals surface area contributed by atoms with Crippen LogP contribution in [-0.2, 0) is 9.53 Å². The Bertz CT molecular complexity index is 610. The van der Waals surface area contributed by atoms with E-state index < -0.39 is 0 Å². The van der Waals surface area contributed by atoms with Gasteiger partial charge in [-0.1, -0.05) is 18.2 Å². The summed E-state index contributed by atoms with van der Waals surface area (Å²) in [4.78, 5) is 20.7. The number of carbonyl (C=O) groups is 1. The molecule has 1 aliphatic rings. The van der Waals surface area contributed by atoms with Gasteiger partial charge in [-0.3, -0.25) is 9.79 Å². The zero-order chi connectivity index (χ0) is 18.9. The Morgan fingerprint density at radius 1 is 1.35 bits per heavy atom. The fraction of sp³-hybridized carbons (Fsp3) is 0.600. The summed E-state index contributed by atoms with van der Waals surface area (Å²) in [6.45, 7) is 8.69. The highest BCUT2D eigenvalue weighted by atomic mass is 16.5. The molecule has 144 valence electrons. The molecule has 0 unspecified atom stereocenters. The fourth-order valence-corrected chi connectivity index (χ4v) is 3.50. The number of guanidine groups is 1. The molecule has 1 saturated heterocycles. The number of para-hydroxylation sites is 1. The highest BCUT2D eigenvalue weighted by Crippen LogP contribution is 2.19. The lowest BCUT2D eigenvalue weighted by atomic mass is 9.97. The van der Waals surface area contributed by atoms with Gasteiger partial charge in [0.25, 0.3) is 0 Å². The van der Waals surface area contributed by atoms with E-state index in [9.17, 15) is 4.79 Å². The number of methoxy groups -OCH3 is 1. The second-order valence-corrected chi connectivity index (χ2v) is 6.62. The van der Waals surface area contributed by atoms with Crippen molar-refractivity contribution in [1.82, 2.24) is 10.2 Å². The maximum absolute atomic E-state index is 11.7. The molecular weight excluding hydrogens is 328 g/mol. The number of hydrogen-bond acceptors (Lipinski definition) is 4. The fourth-order valence-electron chi connectivity index (χ4n) is 3.50. The molecule has 26 heavy (non-hydrogen) atoms. The lowest BCUT2D eigenvalue weighted by molar-refractivity contribution is -0.146. The van der Waals surface area contributed by atoms with Crippen LogP contribution in [0.4, 0.5) is 5.69 Å². The minimum atomic E-state index is -0.0931. The topological polar surface area (TPSA) is 57.2 Å². The molecule has 0 spiro atoms. The number of aryl methyl sites for hydroxylation is 1. The Morgan fingerprint density at radius 3 is 2.62 bits per heavy atom. The third-order valence-electron chi connectivity index (χ3n) is 5.04. The molecule has 1 aliphatic heterocycles. The molecule has 1 fully saturated rings. The standard InChI is InChI=1S/C20H32N4O2/c1-5-23(18-9-7-6-8-16(18)2)15-12-22-20(21-3)24-13-10-17(11-14-24)19(25)26-4/h6-9,17H,5,10-15H2,1-4H3,(H,21,22). The summed E-state index contributed by atoms with van der Waals surface area (Å²) in [6, 6.07) is 8.48. The molecule has 0 amide bonds. The van der Waals surface area contributed by atoms with Crippen LogP contribution in [-0.4, -0.2) is 63.7 Å². The number of rotatable bonds is 6. The number of likely N-dealkylation sites (N-methyl/N-ethyl adjacent to an activating group) is 1. The maximum Gasteiger partial charge on any atom is 0.308 e. The summed E-state index contributed by atoms with van der Waals surface area (Å²) in [7, 11) is 3.27. The molecule has 0 aromatic heterocycles. The van der Waals surface area contributed by atoms with Crippen molar-refractivity contribution >= 4 is 17.6 Å². The summed E-state index contributed by atoms with van der Waals surface area (Å²) in [5.41, 5.74) is 2.58. The van der Waals surface area contributed by atoms with E-state index in [1.807, 2.05) is 7.05 Å². The van der Waals surface area contributed by atoms with E-state index in [1.54, 1.807) is 0 Å². The third-order valence-corrected chi connectivity index (χ3v) is 5.04. The Kier molecular flexibility index (Phi) is 7.75. The van der Waals surface area contributed by atoms with E-state index in [0.717, 1.165) is 51.5 Å². The number of aliphatic imine (C=N–C) groups is 1. The number of esters is 1. The van der Waals surface area contributed by atoms with Crippen LogP contribution in [0.15, 0.2) is 29.3 Å². The number of likely N-dealkylation sites (tertiary alicyclic amines) is 1. The molecule has 1 aromatic carbocycles. The first-order valence-electron chi connectivity index (χ1n) is 9.44. The van der Waals surface area contributed by atoms with Gasteiger partial charge in [0.1, 0.15) is 0 Å². The van der Waals surface area contributed by atoms with Crippen LogP contribution in [0, 0.1) is 12.8 Å². The van der Waals surface area contributed by atoms with Crippen molar-refractivity contribution in [3.8, 4) is 0 Å². The minimum absolute atomic E-state index is 0.0194. The number of carbonyl (C=O) groups excluding carboxylic acids is 1. The number of benzene rings is 1. The first kappa shape index (κ1) is 20.1. The molecular formula is C20H32N4O2. The molecule has 0 saturated carbocycles. The lowest BCUT2D eigenvalue weighted by Crippen LogP contribution is -2.48. The average Bonchev–Trinajstić information content (AvgIpc) is 2.68. The van der Waals surface area contributed by atoms with Crippen molar-refractivity contribution in [2.24, 2.45) is 10.9 Å². The number of piperidine rings is 1. The normalized spacial score (nSPS) is 15.7. The average molecular weight is 361 g/mol. The second-order valence-electron chi connectivity index (χ2n) is 6.62. The Labute approximate surface area is 157 Å². The molecule has 0 aliphatic carbocycles. The highest BCUT2D eigenvalue weighted by molar-refractivity contribution is 5.80. The predicted molar refractivity (Wildman–Crippen MR) is 107 cm³/mol. The van der Waals surface area contributed by atoms with Crippen molar-refractivity contribution < 1.29 is 9.53 Å². The van der Waals surface area contributed by atoms with Gasteiger partial charge in [0.2, 0.25) is 0 Å². The summed E-state index contributed by atoms with van der Waals surface area (Å²) in [5.74, 6) is 0.838. The molecule has 0 bridgehead atoms. The van der Waals surface area contributed by atoms with Crippen molar-refractivity contribution in [3.05, 3.63) is 29.8 Å². The predicted octanol–water partition coefficient (Wildman–Crippen LogP) is 2.28. The molecule has 1 N–H and O–H groups in total. The molecule has 6 nitrogen and oxygen atoms in total. The zero-order valence-electron chi connectivity index (χ0n) is 16.5. The van der Waals surface area contributed by atoms with Gasteiger partial charge < -0.3 is 19.9 Å². The van der Waals surface area contributed by atoms with Gasteiger partial charge in [0, 0.05) is 45.5 Å². The van der Waals surface area contributed by atoms with Crippen molar-refractivity contribution in [2.45, 2.75) is 26.7 Å². The first-order valence-corrected chi connectivity index (χ1v) is 9.44. The molecule has 6 heteroatoms.